The van der Waals surface area contributed by atoms with Crippen molar-refractivity contribution in [3.63, 3.8) is 0 Å². The van der Waals surface area contributed by atoms with Gasteiger partial charge in [-0.05, 0) is 38.1 Å². The molecule has 26 heavy (non-hydrogen) atoms. The molecule has 0 aliphatic heterocycles. The summed E-state index contributed by atoms with van der Waals surface area (Å²) < 4.78 is 30.5. The second-order valence-corrected chi connectivity index (χ2v) is 7.90. The molecular weight excluding hydrogens is 352 g/mol. The number of oxazole rings is 1. The Balaban J connectivity index is 1.78. The van der Waals surface area contributed by atoms with Gasteiger partial charge in [0.1, 0.15) is 11.5 Å². The Hall–Kier alpha value is -2.93. The van der Waals surface area contributed by atoms with E-state index in [4.69, 9.17) is 4.42 Å². The maximum atomic E-state index is 12.5. The quantitative estimate of drug-likeness (QED) is 0.742. The van der Waals surface area contributed by atoms with Crippen molar-refractivity contribution in [2.45, 2.75) is 24.5 Å². The van der Waals surface area contributed by atoms with Crippen LogP contribution in [-0.2, 0) is 15.6 Å². The molecule has 3 aromatic rings. The molecule has 1 heterocycles. The lowest BCUT2D eigenvalue weighted by Crippen LogP contribution is -2.12. The molecule has 6 nitrogen and oxygen atoms in total. The number of amides is 1. The number of aryl methyl sites for hydroxylation is 2. The molecule has 0 saturated heterocycles. The van der Waals surface area contributed by atoms with Crippen LogP contribution in [0.15, 0.2) is 63.9 Å². The summed E-state index contributed by atoms with van der Waals surface area (Å²) in [6, 6.07) is 15.2. The molecule has 7 heteroatoms. The second kappa shape index (κ2) is 7.13. The van der Waals surface area contributed by atoms with Gasteiger partial charge in [-0.25, -0.2) is 8.42 Å². The molecule has 0 spiro atoms. The average molecular weight is 370 g/mol. The number of nitrogens with zero attached hydrogens (tertiary/aromatic N) is 1. The predicted octanol–water partition coefficient (Wildman–Crippen LogP) is 3.52. The molecule has 2 aromatic carbocycles. The lowest BCUT2D eigenvalue weighted by molar-refractivity contribution is 0.102. The van der Waals surface area contributed by atoms with Gasteiger partial charge in [0.15, 0.2) is 9.84 Å². The monoisotopic (exact) mass is 370 g/mol. The molecule has 0 atom stereocenters. The highest BCUT2D eigenvalue weighted by Gasteiger charge is 2.21. The Kier molecular flexibility index (Phi) is 4.90. The fraction of sp³-hybridized carbons (Fsp3) is 0.158. The first-order valence-electron chi connectivity index (χ1n) is 7.97. The maximum Gasteiger partial charge on any atom is 0.302 e. The number of nitrogens with one attached hydrogen (secondary N) is 1. The van der Waals surface area contributed by atoms with Crippen LogP contribution in [0.2, 0.25) is 0 Å². The van der Waals surface area contributed by atoms with Crippen molar-refractivity contribution in [3.8, 4) is 0 Å². The molecule has 0 saturated carbocycles. The van der Waals surface area contributed by atoms with E-state index in [1.165, 1.54) is 0 Å². The summed E-state index contributed by atoms with van der Waals surface area (Å²) in [6.45, 7) is 3.51. The van der Waals surface area contributed by atoms with Gasteiger partial charge >= 0.3 is 6.01 Å². The van der Waals surface area contributed by atoms with Gasteiger partial charge in [0.05, 0.1) is 10.6 Å². The maximum absolute atomic E-state index is 12.5. The van der Waals surface area contributed by atoms with E-state index >= 15 is 0 Å². The SMILES string of the molecule is Cc1ccc(S(=O)(=O)Cc2nc(NC(=O)c3ccccc3)oc2C)cc1. The van der Waals surface area contributed by atoms with E-state index in [9.17, 15) is 13.2 Å². The molecule has 1 aromatic heterocycles. The number of rotatable bonds is 5. The Morgan fingerprint density at radius 3 is 2.35 bits per heavy atom. The Bertz CT molecular complexity index is 1020. The number of hydrogen-bond donors (Lipinski definition) is 1. The number of hydrogen-bond acceptors (Lipinski definition) is 5. The van der Waals surface area contributed by atoms with Crippen LogP contribution in [-0.4, -0.2) is 19.3 Å². The number of aromatic nitrogens is 1. The zero-order valence-electron chi connectivity index (χ0n) is 14.4. The third kappa shape index (κ3) is 4.00. The van der Waals surface area contributed by atoms with Crippen molar-refractivity contribution >= 4 is 21.8 Å². The van der Waals surface area contributed by atoms with Crippen molar-refractivity contribution in [2.75, 3.05) is 5.32 Å². The Labute approximate surface area is 151 Å². The minimum atomic E-state index is -3.56. The van der Waals surface area contributed by atoms with Crippen molar-refractivity contribution < 1.29 is 17.6 Å². The lowest BCUT2D eigenvalue weighted by atomic mass is 10.2. The van der Waals surface area contributed by atoms with Crippen LogP contribution in [0.25, 0.3) is 0 Å². The van der Waals surface area contributed by atoms with Gasteiger partial charge in [-0.1, -0.05) is 35.9 Å². The van der Waals surface area contributed by atoms with E-state index in [0.29, 0.717) is 11.3 Å². The highest BCUT2D eigenvalue weighted by Crippen LogP contribution is 2.21. The zero-order valence-corrected chi connectivity index (χ0v) is 15.2. The number of benzene rings is 2. The van der Waals surface area contributed by atoms with Crippen LogP contribution in [0.4, 0.5) is 6.01 Å². The fourth-order valence-electron chi connectivity index (χ4n) is 2.38. The third-order valence-electron chi connectivity index (χ3n) is 3.86. The van der Waals surface area contributed by atoms with Crippen molar-refractivity contribution in [1.29, 1.82) is 0 Å². The van der Waals surface area contributed by atoms with E-state index in [1.54, 1.807) is 61.5 Å². The smallest absolute Gasteiger partial charge is 0.302 e. The molecule has 0 bridgehead atoms. The first-order valence-corrected chi connectivity index (χ1v) is 9.62. The van der Waals surface area contributed by atoms with E-state index in [1.807, 2.05) is 6.92 Å². The average Bonchev–Trinajstić information content (AvgIpc) is 2.94. The molecule has 0 radical (unpaired) electrons. The third-order valence-corrected chi connectivity index (χ3v) is 5.50. The van der Waals surface area contributed by atoms with Gasteiger partial charge in [-0.15, -0.1) is 0 Å². The van der Waals surface area contributed by atoms with Gasteiger partial charge in [-0.2, -0.15) is 4.98 Å². The van der Waals surface area contributed by atoms with E-state index < -0.39 is 9.84 Å². The van der Waals surface area contributed by atoms with Crippen molar-refractivity contribution in [3.05, 3.63) is 77.2 Å². The number of sulfone groups is 1. The van der Waals surface area contributed by atoms with Gasteiger partial charge in [0.2, 0.25) is 0 Å². The van der Waals surface area contributed by atoms with Crippen molar-refractivity contribution in [2.24, 2.45) is 0 Å². The minimum Gasteiger partial charge on any atom is -0.428 e. The first-order chi connectivity index (χ1) is 12.3. The topological polar surface area (TPSA) is 89.3 Å². The highest BCUT2D eigenvalue weighted by atomic mass is 32.2. The standard InChI is InChI=1S/C19H18N2O4S/c1-13-8-10-16(11-9-13)26(23,24)12-17-14(2)25-19(20-17)21-18(22)15-6-4-3-5-7-15/h3-11H,12H2,1-2H3,(H,20,21,22). The van der Waals surface area contributed by atoms with E-state index in [2.05, 4.69) is 10.3 Å². The predicted molar refractivity (Wildman–Crippen MR) is 97.7 cm³/mol. The van der Waals surface area contributed by atoms with Crippen LogP contribution < -0.4 is 5.32 Å². The van der Waals surface area contributed by atoms with Crippen LogP contribution >= 0.6 is 0 Å². The Morgan fingerprint density at radius 2 is 1.69 bits per heavy atom. The minimum absolute atomic E-state index is 0.0227. The summed E-state index contributed by atoms with van der Waals surface area (Å²) in [4.78, 5) is 16.5. The summed E-state index contributed by atoms with van der Waals surface area (Å²) in [5, 5.41) is 2.54. The molecule has 0 fully saturated rings. The molecule has 0 unspecified atom stereocenters. The Morgan fingerprint density at radius 1 is 1.04 bits per heavy atom. The molecule has 0 aliphatic carbocycles. The molecule has 134 valence electrons. The molecule has 0 aliphatic rings. The molecule has 1 amide bonds. The summed E-state index contributed by atoms with van der Waals surface area (Å²) in [5.74, 6) is -0.323. The number of anilines is 1. The van der Waals surface area contributed by atoms with Crippen LogP contribution in [0.5, 0.6) is 0 Å². The second-order valence-electron chi connectivity index (χ2n) is 5.91. The van der Waals surface area contributed by atoms with Gasteiger partial charge in [0, 0.05) is 5.56 Å². The summed E-state index contributed by atoms with van der Waals surface area (Å²) in [6.07, 6.45) is 0. The normalized spacial score (nSPS) is 11.3. The van der Waals surface area contributed by atoms with Gasteiger partial charge < -0.3 is 4.42 Å². The zero-order chi connectivity index (χ0) is 18.7. The van der Waals surface area contributed by atoms with Gasteiger partial charge in [-0.3, -0.25) is 10.1 Å². The van der Waals surface area contributed by atoms with Crippen LogP contribution in [0.1, 0.15) is 27.4 Å². The lowest BCUT2D eigenvalue weighted by Gasteiger charge is -2.03. The molecule has 1 N–H and O–H groups in total. The highest BCUT2D eigenvalue weighted by molar-refractivity contribution is 7.90. The molecule has 3 rings (SSSR count). The fourth-order valence-corrected chi connectivity index (χ4v) is 3.73. The largest absolute Gasteiger partial charge is 0.428 e. The first kappa shape index (κ1) is 17.9. The molecular formula is C19H18N2O4S. The van der Waals surface area contributed by atoms with Crippen LogP contribution in [0.3, 0.4) is 0 Å². The van der Waals surface area contributed by atoms with E-state index in [-0.39, 0.29) is 28.3 Å². The number of carbonyl (C=O) groups excluding carboxylic acids is 1. The van der Waals surface area contributed by atoms with Crippen LogP contribution in [0, 0.1) is 13.8 Å². The van der Waals surface area contributed by atoms with Crippen molar-refractivity contribution in [1.82, 2.24) is 4.98 Å². The van der Waals surface area contributed by atoms with E-state index in [0.717, 1.165) is 5.56 Å². The summed E-state index contributed by atoms with van der Waals surface area (Å²) in [5.41, 5.74) is 1.71. The summed E-state index contributed by atoms with van der Waals surface area (Å²) in [7, 11) is -3.56. The van der Waals surface area contributed by atoms with Gasteiger partial charge in [0.25, 0.3) is 5.91 Å². The number of carbonyl (C=O) groups is 1. The summed E-state index contributed by atoms with van der Waals surface area (Å²) >= 11 is 0.